The molecule has 0 saturated carbocycles. The Morgan fingerprint density at radius 1 is 1.26 bits per heavy atom. The summed E-state index contributed by atoms with van der Waals surface area (Å²) in [5, 5.41) is 3.14. The summed E-state index contributed by atoms with van der Waals surface area (Å²) in [7, 11) is 4.02. The van der Waals surface area contributed by atoms with Gasteiger partial charge in [0.05, 0.1) is 13.2 Å². The summed E-state index contributed by atoms with van der Waals surface area (Å²) in [6.07, 6.45) is 0.983. The normalized spacial score (nSPS) is 10.7. The molecule has 0 aromatic heterocycles. The van der Waals surface area contributed by atoms with Crippen molar-refractivity contribution in [2.45, 2.75) is 13.3 Å². The Kier molecular flexibility index (Phi) is 7.15. The molecule has 0 atom stereocenters. The van der Waals surface area contributed by atoms with E-state index in [-0.39, 0.29) is 5.78 Å². The van der Waals surface area contributed by atoms with Crippen molar-refractivity contribution >= 4 is 5.78 Å². The van der Waals surface area contributed by atoms with Gasteiger partial charge in [0.15, 0.2) is 5.78 Å². The molecule has 4 heteroatoms. The first-order valence-electron chi connectivity index (χ1n) is 6.75. The molecule has 0 spiro atoms. The molecule has 1 N–H and O–H groups in total. The summed E-state index contributed by atoms with van der Waals surface area (Å²) >= 11 is 0. The van der Waals surface area contributed by atoms with E-state index in [1.807, 2.05) is 38.4 Å². The van der Waals surface area contributed by atoms with Crippen molar-refractivity contribution in [3.63, 3.8) is 0 Å². The topological polar surface area (TPSA) is 41.6 Å². The predicted molar refractivity (Wildman–Crippen MR) is 78.0 cm³/mol. The molecule has 1 aromatic carbocycles. The third-order valence-electron chi connectivity index (χ3n) is 2.67. The van der Waals surface area contributed by atoms with Gasteiger partial charge in [0.2, 0.25) is 0 Å². The van der Waals surface area contributed by atoms with Crippen molar-refractivity contribution in [1.82, 2.24) is 10.2 Å². The van der Waals surface area contributed by atoms with Gasteiger partial charge in [-0.1, -0.05) is 6.92 Å². The molecule has 0 saturated heterocycles. The van der Waals surface area contributed by atoms with Crippen LogP contribution in [-0.2, 0) is 0 Å². The van der Waals surface area contributed by atoms with Gasteiger partial charge in [-0.05, 0) is 44.8 Å². The highest BCUT2D eigenvalue weighted by molar-refractivity contribution is 5.97. The number of hydrogen-bond acceptors (Lipinski definition) is 4. The van der Waals surface area contributed by atoms with Crippen LogP contribution >= 0.6 is 0 Å². The number of nitrogens with zero attached hydrogens (tertiary/aromatic N) is 1. The van der Waals surface area contributed by atoms with Crippen molar-refractivity contribution in [3.8, 4) is 5.75 Å². The average molecular weight is 264 g/mol. The average Bonchev–Trinajstić information content (AvgIpc) is 2.41. The SMILES string of the molecule is CCCOc1ccc(C(=O)CNCCN(C)C)cc1. The number of benzene rings is 1. The van der Waals surface area contributed by atoms with Crippen LogP contribution in [0.2, 0.25) is 0 Å². The smallest absolute Gasteiger partial charge is 0.176 e. The molecular weight excluding hydrogens is 240 g/mol. The Morgan fingerprint density at radius 2 is 1.95 bits per heavy atom. The molecule has 0 amide bonds. The second-order valence-electron chi connectivity index (χ2n) is 4.78. The van der Waals surface area contributed by atoms with E-state index < -0.39 is 0 Å². The Bertz CT molecular complexity index is 374. The fraction of sp³-hybridized carbons (Fsp3) is 0.533. The van der Waals surface area contributed by atoms with E-state index in [4.69, 9.17) is 4.74 Å². The van der Waals surface area contributed by atoms with Crippen molar-refractivity contribution < 1.29 is 9.53 Å². The maximum atomic E-state index is 11.9. The van der Waals surface area contributed by atoms with Crippen LogP contribution in [0.3, 0.4) is 0 Å². The summed E-state index contributed by atoms with van der Waals surface area (Å²) in [6.45, 7) is 4.90. The minimum absolute atomic E-state index is 0.112. The summed E-state index contributed by atoms with van der Waals surface area (Å²) in [4.78, 5) is 14.0. The monoisotopic (exact) mass is 264 g/mol. The highest BCUT2D eigenvalue weighted by Gasteiger charge is 2.05. The molecule has 0 radical (unpaired) electrons. The van der Waals surface area contributed by atoms with Gasteiger partial charge in [0, 0.05) is 18.7 Å². The maximum absolute atomic E-state index is 11.9. The van der Waals surface area contributed by atoms with Crippen LogP contribution in [0.1, 0.15) is 23.7 Å². The Hall–Kier alpha value is -1.39. The lowest BCUT2D eigenvalue weighted by Crippen LogP contribution is -2.30. The molecule has 19 heavy (non-hydrogen) atoms. The Morgan fingerprint density at radius 3 is 2.53 bits per heavy atom. The maximum Gasteiger partial charge on any atom is 0.176 e. The number of ether oxygens (including phenoxy) is 1. The summed E-state index contributed by atoms with van der Waals surface area (Å²) in [5.41, 5.74) is 0.723. The van der Waals surface area contributed by atoms with Gasteiger partial charge in [0.25, 0.3) is 0 Å². The Labute approximate surface area is 115 Å². The molecule has 1 rings (SSSR count). The van der Waals surface area contributed by atoms with Crippen LogP contribution in [0.4, 0.5) is 0 Å². The standard InChI is InChI=1S/C15H24N2O2/c1-4-11-19-14-7-5-13(6-8-14)15(18)12-16-9-10-17(2)3/h5-8,16H,4,9-12H2,1-3H3. The largest absolute Gasteiger partial charge is 0.494 e. The molecule has 1 aromatic rings. The van der Waals surface area contributed by atoms with Gasteiger partial charge in [-0.25, -0.2) is 0 Å². The van der Waals surface area contributed by atoms with E-state index in [1.54, 1.807) is 0 Å². The lowest BCUT2D eigenvalue weighted by molar-refractivity contribution is 0.0990. The van der Waals surface area contributed by atoms with E-state index in [0.29, 0.717) is 13.2 Å². The zero-order valence-corrected chi connectivity index (χ0v) is 12.1. The molecule has 0 fully saturated rings. The van der Waals surface area contributed by atoms with Crippen molar-refractivity contribution in [1.29, 1.82) is 0 Å². The van der Waals surface area contributed by atoms with Gasteiger partial charge in [-0.3, -0.25) is 4.79 Å². The lowest BCUT2D eigenvalue weighted by atomic mass is 10.1. The van der Waals surface area contributed by atoms with Crippen LogP contribution in [0, 0.1) is 0 Å². The zero-order chi connectivity index (χ0) is 14.1. The molecule has 0 aliphatic rings. The van der Waals surface area contributed by atoms with Crippen LogP contribution in [0.5, 0.6) is 5.75 Å². The van der Waals surface area contributed by atoms with E-state index >= 15 is 0 Å². The summed E-state index contributed by atoms with van der Waals surface area (Å²) in [5.74, 6) is 0.930. The summed E-state index contributed by atoms with van der Waals surface area (Å²) in [6, 6.07) is 7.34. The number of carbonyl (C=O) groups excluding carboxylic acids is 1. The van der Waals surface area contributed by atoms with E-state index in [2.05, 4.69) is 17.1 Å². The molecule has 0 unspecified atom stereocenters. The van der Waals surface area contributed by atoms with Gasteiger partial charge < -0.3 is 15.0 Å². The number of hydrogen-bond donors (Lipinski definition) is 1. The quantitative estimate of drug-likeness (QED) is 0.545. The highest BCUT2D eigenvalue weighted by Crippen LogP contribution is 2.12. The van der Waals surface area contributed by atoms with E-state index in [9.17, 15) is 4.79 Å². The fourth-order valence-corrected chi connectivity index (χ4v) is 1.56. The fourth-order valence-electron chi connectivity index (χ4n) is 1.56. The second kappa shape index (κ2) is 8.67. The van der Waals surface area contributed by atoms with Crippen LogP contribution in [-0.4, -0.2) is 51.0 Å². The molecule has 106 valence electrons. The second-order valence-corrected chi connectivity index (χ2v) is 4.78. The lowest BCUT2D eigenvalue weighted by Gasteiger charge is -2.10. The minimum Gasteiger partial charge on any atom is -0.494 e. The number of likely N-dealkylation sites (N-methyl/N-ethyl adjacent to an activating group) is 1. The first kappa shape index (κ1) is 15.7. The first-order valence-corrected chi connectivity index (χ1v) is 6.75. The van der Waals surface area contributed by atoms with Crippen LogP contribution in [0.15, 0.2) is 24.3 Å². The van der Waals surface area contributed by atoms with Gasteiger partial charge >= 0.3 is 0 Å². The molecule has 0 heterocycles. The third kappa shape index (κ3) is 6.36. The third-order valence-corrected chi connectivity index (χ3v) is 2.67. The molecule has 0 aliphatic carbocycles. The van der Waals surface area contributed by atoms with Gasteiger partial charge in [-0.15, -0.1) is 0 Å². The van der Waals surface area contributed by atoms with Crippen LogP contribution < -0.4 is 10.1 Å². The number of Topliss-reactive ketones (excluding diaryl/α,β-unsaturated/α-hetero) is 1. The van der Waals surface area contributed by atoms with Crippen LogP contribution in [0.25, 0.3) is 0 Å². The predicted octanol–water partition coefficient (Wildman–Crippen LogP) is 1.81. The molecule has 4 nitrogen and oxygen atoms in total. The number of rotatable bonds is 9. The molecule has 0 aliphatic heterocycles. The highest BCUT2D eigenvalue weighted by atomic mass is 16.5. The van der Waals surface area contributed by atoms with E-state index in [0.717, 1.165) is 30.8 Å². The number of nitrogens with one attached hydrogen (secondary N) is 1. The van der Waals surface area contributed by atoms with Crippen molar-refractivity contribution in [2.75, 3.05) is 40.3 Å². The molecular formula is C15H24N2O2. The Balaban J connectivity index is 2.36. The zero-order valence-electron chi connectivity index (χ0n) is 12.1. The number of carbonyl (C=O) groups is 1. The van der Waals surface area contributed by atoms with Crippen molar-refractivity contribution in [2.24, 2.45) is 0 Å². The van der Waals surface area contributed by atoms with Gasteiger partial charge in [0.1, 0.15) is 5.75 Å². The summed E-state index contributed by atoms with van der Waals surface area (Å²) < 4.78 is 5.48. The minimum atomic E-state index is 0.112. The first-order chi connectivity index (χ1) is 9.13. The number of ketones is 1. The van der Waals surface area contributed by atoms with Gasteiger partial charge in [-0.2, -0.15) is 0 Å². The molecule has 0 bridgehead atoms. The van der Waals surface area contributed by atoms with E-state index in [1.165, 1.54) is 0 Å². The van der Waals surface area contributed by atoms with Crippen molar-refractivity contribution in [3.05, 3.63) is 29.8 Å².